The van der Waals surface area contributed by atoms with E-state index in [0.717, 1.165) is 0 Å². The van der Waals surface area contributed by atoms with E-state index >= 15 is 0 Å². The Balaban J connectivity index is 2.31. The maximum atomic E-state index is 14.8. The van der Waals surface area contributed by atoms with Gasteiger partial charge in [-0.25, -0.2) is 3.63 Å². The average molecular weight is 621 g/mol. The zero-order chi connectivity index (χ0) is 30.0. The lowest BCUT2D eigenvalue weighted by molar-refractivity contribution is -0.382. The Morgan fingerprint density at radius 1 is 0.625 bits per heavy atom. The number of ether oxygens (including phenoxy) is 1. The Morgan fingerprint density at radius 3 is 1.45 bits per heavy atom. The number of hydrogen-bond acceptors (Lipinski definition) is 4. The van der Waals surface area contributed by atoms with Crippen molar-refractivity contribution < 1.29 is 56.3 Å². The van der Waals surface area contributed by atoms with Gasteiger partial charge in [0.05, 0.1) is 6.61 Å². The highest BCUT2D eigenvalue weighted by atomic mass is 32.3. The highest BCUT2D eigenvalue weighted by Gasteiger charge is 2.86. The minimum Gasteiger partial charge on any atom is -0.494 e. The molecule has 0 bridgehead atoms. The van der Waals surface area contributed by atoms with Gasteiger partial charge in [0.15, 0.2) is 0 Å². The SMILES string of the molecule is CCCOc1ccc(S(OS(=O)(=O)C(F)(F)C(F)(F)C(F)(F)C(F)(F)F)(c2ccccc2)c2ccccc2)cc1. The monoisotopic (exact) mass is 620 g/mol. The number of halogens is 9. The van der Waals surface area contributed by atoms with Gasteiger partial charge in [-0.3, -0.25) is 0 Å². The first kappa shape index (κ1) is 31.6. The zero-order valence-electron chi connectivity index (χ0n) is 20.3. The Kier molecular flexibility index (Phi) is 8.82. The first-order chi connectivity index (χ1) is 18.5. The third-order valence-electron chi connectivity index (χ3n) is 5.40. The van der Waals surface area contributed by atoms with Crippen molar-refractivity contribution in [2.24, 2.45) is 0 Å². The first-order valence-corrected chi connectivity index (χ1v) is 14.2. The zero-order valence-corrected chi connectivity index (χ0v) is 22.0. The number of hydrogen-bond donors (Lipinski definition) is 0. The first-order valence-electron chi connectivity index (χ1n) is 11.3. The summed E-state index contributed by atoms with van der Waals surface area (Å²) >= 11 is 0. The van der Waals surface area contributed by atoms with Gasteiger partial charge >= 0.3 is 33.4 Å². The molecular formula is C25H21F9O4S2. The van der Waals surface area contributed by atoms with Crippen molar-refractivity contribution in [1.82, 2.24) is 0 Å². The molecule has 15 heteroatoms. The van der Waals surface area contributed by atoms with Crippen LogP contribution < -0.4 is 4.74 Å². The van der Waals surface area contributed by atoms with E-state index < -0.39 is 43.7 Å². The van der Waals surface area contributed by atoms with E-state index in [1.54, 1.807) is 0 Å². The molecule has 0 aliphatic heterocycles. The van der Waals surface area contributed by atoms with E-state index in [9.17, 15) is 47.9 Å². The molecule has 0 N–H and O–H groups in total. The minimum atomic E-state index is -7.45. The third-order valence-corrected chi connectivity index (χ3v) is 10.6. The van der Waals surface area contributed by atoms with E-state index in [1.165, 1.54) is 84.9 Å². The molecule has 0 saturated heterocycles. The summed E-state index contributed by atoms with van der Waals surface area (Å²) in [4.78, 5) is -0.540. The fraction of sp³-hybridized carbons (Fsp3) is 0.280. The van der Waals surface area contributed by atoms with Crippen LogP contribution in [0.15, 0.2) is 99.6 Å². The molecule has 0 aliphatic rings. The van der Waals surface area contributed by atoms with Crippen molar-refractivity contribution in [2.75, 3.05) is 6.61 Å². The highest BCUT2D eigenvalue weighted by molar-refractivity contribution is 8.33. The summed E-state index contributed by atoms with van der Waals surface area (Å²) in [6, 6.07) is 18.0. The van der Waals surface area contributed by atoms with Crippen LogP contribution in [0.3, 0.4) is 0 Å². The number of rotatable bonds is 11. The van der Waals surface area contributed by atoms with Crippen molar-refractivity contribution in [3.05, 3.63) is 84.9 Å². The van der Waals surface area contributed by atoms with Crippen molar-refractivity contribution in [1.29, 1.82) is 0 Å². The van der Waals surface area contributed by atoms with Gasteiger partial charge in [0, 0.05) is 14.7 Å². The molecule has 0 saturated carbocycles. The highest BCUT2D eigenvalue weighted by Crippen LogP contribution is 2.71. The van der Waals surface area contributed by atoms with Gasteiger partial charge in [-0.1, -0.05) is 43.3 Å². The van der Waals surface area contributed by atoms with E-state index in [2.05, 4.69) is 0 Å². The molecule has 220 valence electrons. The van der Waals surface area contributed by atoms with E-state index in [0.29, 0.717) is 6.42 Å². The Hall–Kier alpha value is -2.91. The van der Waals surface area contributed by atoms with Gasteiger partial charge < -0.3 is 4.74 Å². The van der Waals surface area contributed by atoms with Gasteiger partial charge in [0.2, 0.25) is 0 Å². The molecule has 0 unspecified atom stereocenters. The third kappa shape index (κ3) is 5.38. The van der Waals surface area contributed by atoms with Crippen LogP contribution in [0.1, 0.15) is 13.3 Å². The minimum absolute atomic E-state index is 0.173. The summed E-state index contributed by atoms with van der Waals surface area (Å²) in [6.07, 6.45) is -6.61. The molecule has 0 amide bonds. The lowest BCUT2D eigenvalue weighted by Gasteiger charge is -2.41. The summed E-state index contributed by atoms with van der Waals surface area (Å²) in [5.74, 6) is -14.6. The van der Waals surface area contributed by atoms with Gasteiger partial charge in [-0.2, -0.15) is 47.9 Å². The molecule has 0 atom stereocenters. The van der Waals surface area contributed by atoms with E-state index in [4.69, 9.17) is 8.37 Å². The van der Waals surface area contributed by atoms with Crippen LogP contribution in [0.4, 0.5) is 39.5 Å². The fourth-order valence-corrected chi connectivity index (χ4v) is 8.61. The van der Waals surface area contributed by atoms with Crippen LogP contribution in [0.5, 0.6) is 5.75 Å². The van der Waals surface area contributed by atoms with Crippen LogP contribution in [0.2, 0.25) is 0 Å². The maximum absolute atomic E-state index is 14.8. The van der Waals surface area contributed by atoms with Crippen molar-refractivity contribution in [3.8, 4) is 5.75 Å². The summed E-state index contributed by atoms with van der Waals surface area (Å²) in [7, 11) is -11.3. The average Bonchev–Trinajstić information content (AvgIpc) is 2.91. The summed E-state index contributed by atoms with van der Waals surface area (Å²) in [5.41, 5.74) is 0. The fourth-order valence-electron chi connectivity index (χ4n) is 3.39. The van der Waals surface area contributed by atoms with Crippen LogP contribution in [0.25, 0.3) is 0 Å². The van der Waals surface area contributed by atoms with Crippen LogP contribution in [-0.2, 0) is 13.7 Å². The topological polar surface area (TPSA) is 52.6 Å². The quantitative estimate of drug-likeness (QED) is 0.202. The smallest absolute Gasteiger partial charge is 0.460 e. The second-order valence-corrected chi connectivity index (χ2v) is 12.7. The second-order valence-electron chi connectivity index (χ2n) is 8.19. The van der Waals surface area contributed by atoms with E-state index in [-0.39, 0.29) is 27.0 Å². The molecule has 0 heterocycles. The van der Waals surface area contributed by atoms with Gasteiger partial charge in [-0.15, -0.1) is 0 Å². The predicted molar refractivity (Wildman–Crippen MR) is 128 cm³/mol. The second kappa shape index (κ2) is 11.2. The maximum Gasteiger partial charge on any atom is 0.460 e. The molecule has 3 rings (SSSR count). The van der Waals surface area contributed by atoms with Gasteiger partial charge in [0.1, 0.15) is 5.75 Å². The Labute approximate surface area is 225 Å². The van der Waals surface area contributed by atoms with Crippen LogP contribution >= 0.6 is 10.3 Å². The summed E-state index contributed by atoms with van der Waals surface area (Å²) in [6.45, 7) is 2.08. The number of alkyl halides is 9. The van der Waals surface area contributed by atoms with Gasteiger partial charge in [-0.05, 0) is 65.3 Å². The molecule has 0 spiro atoms. The molecule has 3 aromatic rings. The van der Waals surface area contributed by atoms with Crippen molar-refractivity contribution >= 4 is 20.4 Å². The van der Waals surface area contributed by atoms with Crippen LogP contribution in [0, 0.1) is 0 Å². The van der Waals surface area contributed by atoms with Crippen molar-refractivity contribution in [3.63, 3.8) is 0 Å². The Bertz CT molecular complexity index is 1340. The molecule has 0 aromatic heterocycles. The van der Waals surface area contributed by atoms with Crippen LogP contribution in [-0.4, -0.2) is 38.3 Å². The molecule has 4 nitrogen and oxygen atoms in total. The molecule has 0 fully saturated rings. The molecule has 3 aromatic carbocycles. The van der Waals surface area contributed by atoms with Gasteiger partial charge in [0.25, 0.3) is 0 Å². The van der Waals surface area contributed by atoms with Crippen molar-refractivity contribution in [2.45, 2.75) is 51.3 Å². The lowest BCUT2D eigenvalue weighted by Crippen LogP contribution is -2.63. The molecular weight excluding hydrogens is 599 g/mol. The van der Waals surface area contributed by atoms with E-state index in [1.807, 2.05) is 6.92 Å². The summed E-state index contributed by atoms with van der Waals surface area (Å²) in [5, 5.41) is -7.04. The predicted octanol–water partition coefficient (Wildman–Crippen LogP) is 8.44. The normalized spacial score (nSPS) is 14.2. The Morgan fingerprint density at radius 2 is 1.05 bits per heavy atom. The molecule has 40 heavy (non-hydrogen) atoms. The number of benzene rings is 3. The lowest BCUT2D eigenvalue weighted by atomic mass is 10.1. The summed E-state index contributed by atoms with van der Waals surface area (Å²) < 4.78 is 159. The molecule has 0 radical (unpaired) electrons. The largest absolute Gasteiger partial charge is 0.494 e. The standard InChI is InChI=1S/C25H21F9O4S2/c1-2-17-37-18-13-15-21(16-14-18)39(19-9-5-3-6-10-19,20-11-7-4-8-12-20)38-40(35,36)25(33,34)23(28,29)22(26,27)24(30,31)32/h3-16H,2,17H2,1H3. The molecule has 0 aliphatic carbocycles.